The zero-order valence-electron chi connectivity index (χ0n) is 9.18. The van der Waals surface area contributed by atoms with E-state index in [0.29, 0.717) is 0 Å². The summed E-state index contributed by atoms with van der Waals surface area (Å²) in [6.07, 6.45) is -0.947. The number of methoxy groups -OCH3 is 1. The van der Waals surface area contributed by atoms with Gasteiger partial charge in [0.1, 0.15) is 0 Å². The summed E-state index contributed by atoms with van der Waals surface area (Å²) in [5.41, 5.74) is -0.259. The number of nitro groups is 1. The van der Waals surface area contributed by atoms with Crippen molar-refractivity contribution in [2.75, 3.05) is 7.11 Å². The molecule has 1 aromatic carbocycles. The molecule has 0 aliphatic heterocycles. The zero-order chi connectivity index (χ0) is 13.0. The van der Waals surface area contributed by atoms with Gasteiger partial charge in [-0.2, -0.15) is 0 Å². The monoisotopic (exact) mass is 259 g/mol. The van der Waals surface area contributed by atoms with E-state index in [-0.39, 0.29) is 16.5 Å². The van der Waals surface area contributed by atoms with E-state index in [1.165, 1.54) is 32.2 Å². The highest BCUT2D eigenvalue weighted by atomic mass is 35.5. The van der Waals surface area contributed by atoms with Crippen LogP contribution in [-0.4, -0.2) is 24.1 Å². The minimum absolute atomic E-state index is 0.0691. The minimum atomic E-state index is -0.947. The van der Waals surface area contributed by atoms with Gasteiger partial charge < -0.3 is 9.47 Å². The Bertz CT molecular complexity index is 448. The molecule has 0 heterocycles. The lowest BCUT2D eigenvalue weighted by Gasteiger charge is -2.12. The lowest BCUT2D eigenvalue weighted by atomic mass is 10.3. The van der Waals surface area contributed by atoms with E-state index >= 15 is 0 Å². The lowest BCUT2D eigenvalue weighted by molar-refractivity contribution is -0.386. The Morgan fingerprint density at radius 3 is 2.71 bits per heavy atom. The van der Waals surface area contributed by atoms with Crippen molar-refractivity contribution in [3.63, 3.8) is 0 Å². The number of hydrogen-bond acceptors (Lipinski definition) is 5. The number of halogens is 1. The Kier molecular flexibility index (Phi) is 4.28. The average Bonchev–Trinajstić information content (AvgIpc) is 2.27. The molecule has 6 nitrogen and oxygen atoms in total. The summed E-state index contributed by atoms with van der Waals surface area (Å²) in [6, 6.07) is 3.86. The van der Waals surface area contributed by atoms with Gasteiger partial charge >= 0.3 is 11.7 Å². The molecule has 0 saturated carbocycles. The second kappa shape index (κ2) is 5.49. The number of nitro benzene ring substituents is 1. The van der Waals surface area contributed by atoms with Gasteiger partial charge in [0.25, 0.3) is 0 Å². The van der Waals surface area contributed by atoms with E-state index in [1.807, 2.05) is 0 Å². The van der Waals surface area contributed by atoms with Crippen LogP contribution >= 0.6 is 11.6 Å². The Balaban J connectivity index is 3.00. The normalized spacial score (nSPS) is 11.7. The van der Waals surface area contributed by atoms with Crippen LogP contribution in [0.2, 0.25) is 5.02 Å². The van der Waals surface area contributed by atoms with Crippen LogP contribution in [0, 0.1) is 10.1 Å². The van der Waals surface area contributed by atoms with Crippen molar-refractivity contribution >= 4 is 23.3 Å². The summed E-state index contributed by atoms with van der Waals surface area (Å²) >= 11 is 5.70. The summed E-state index contributed by atoms with van der Waals surface area (Å²) < 4.78 is 9.59. The van der Waals surface area contributed by atoms with Crippen molar-refractivity contribution in [1.82, 2.24) is 0 Å². The fourth-order valence-corrected chi connectivity index (χ4v) is 1.30. The Hall–Kier alpha value is -1.82. The van der Waals surface area contributed by atoms with Crippen LogP contribution in [0.4, 0.5) is 5.69 Å². The number of ether oxygens (including phenoxy) is 2. The summed E-state index contributed by atoms with van der Waals surface area (Å²) in [5, 5.41) is 11.0. The molecule has 0 bridgehead atoms. The molecule has 0 amide bonds. The molecular formula is C10H10ClNO5. The van der Waals surface area contributed by atoms with Gasteiger partial charge in [-0.05, 0) is 13.0 Å². The topological polar surface area (TPSA) is 78.7 Å². The van der Waals surface area contributed by atoms with Gasteiger partial charge in [0.15, 0.2) is 11.9 Å². The molecule has 7 heteroatoms. The van der Waals surface area contributed by atoms with Crippen LogP contribution in [0.25, 0.3) is 0 Å². The molecule has 0 aromatic heterocycles. The van der Waals surface area contributed by atoms with Gasteiger partial charge in [0, 0.05) is 17.2 Å². The van der Waals surface area contributed by atoms with Crippen LogP contribution in [0.1, 0.15) is 6.92 Å². The van der Waals surface area contributed by atoms with Crippen molar-refractivity contribution in [3.8, 4) is 5.75 Å². The van der Waals surface area contributed by atoms with E-state index in [4.69, 9.17) is 16.3 Å². The molecule has 0 aliphatic rings. The Morgan fingerprint density at radius 2 is 2.18 bits per heavy atom. The molecule has 0 spiro atoms. The van der Waals surface area contributed by atoms with Crippen LogP contribution in [0.3, 0.4) is 0 Å². The molecule has 17 heavy (non-hydrogen) atoms. The Labute approximate surface area is 102 Å². The molecule has 1 atom stereocenters. The first-order valence-corrected chi connectivity index (χ1v) is 5.02. The van der Waals surface area contributed by atoms with E-state index in [9.17, 15) is 14.9 Å². The Morgan fingerprint density at radius 1 is 1.53 bits per heavy atom. The highest BCUT2D eigenvalue weighted by Crippen LogP contribution is 2.30. The third-order valence-corrected chi connectivity index (χ3v) is 2.19. The first kappa shape index (κ1) is 13.2. The van der Waals surface area contributed by atoms with Crippen LogP contribution in [0.15, 0.2) is 18.2 Å². The van der Waals surface area contributed by atoms with Crippen LogP contribution in [-0.2, 0) is 9.53 Å². The van der Waals surface area contributed by atoms with E-state index in [1.54, 1.807) is 0 Å². The van der Waals surface area contributed by atoms with Gasteiger partial charge in [0.2, 0.25) is 0 Å². The number of carbonyl (C=O) groups excluding carboxylic acids is 1. The average molecular weight is 260 g/mol. The predicted octanol–water partition coefficient (Wildman–Crippen LogP) is 2.19. The molecule has 0 N–H and O–H groups in total. The third kappa shape index (κ3) is 3.32. The maximum Gasteiger partial charge on any atom is 0.346 e. The zero-order valence-corrected chi connectivity index (χ0v) is 9.93. The number of benzene rings is 1. The van der Waals surface area contributed by atoms with E-state index in [0.717, 1.165) is 0 Å². The summed E-state index contributed by atoms with van der Waals surface area (Å²) in [5.74, 6) is -0.695. The number of esters is 1. The molecule has 0 aliphatic carbocycles. The summed E-state index contributed by atoms with van der Waals surface area (Å²) in [6.45, 7) is 1.43. The third-order valence-electron chi connectivity index (χ3n) is 1.96. The van der Waals surface area contributed by atoms with Crippen molar-refractivity contribution in [1.29, 1.82) is 0 Å². The van der Waals surface area contributed by atoms with Crippen molar-refractivity contribution in [2.24, 2.45) is 0 Å². The molecule has 0 saturated heterocycles. The SMILES string of the molecule is COC(=O)C(C)Oc1cc(Cl)ccc1[N+](=O)[O-]. The standard InChI is InChI=1S/C10H10ClNO5/c1-6(10(13)16-2)17-9-5-7(11)3-4-8(9)12(14)15/h3-6H,1-2H3. The number of rotatable bonds is 4. The lowest BCUT2D eigenvalue weighted by Crippen LogP contribution is -2.25. The van der Waals surface area contributed by atoms with Gasteiger partial charge in [-0.1, -0.05) is 11.6 Å². The number of nitrogens with zero attached hydrogens (tertiary/aromatic N) is 1. The molecular weight excluding hydrogens is 250 g/mol. The minimum Gasteiger partial charge on any atom is -0.472 e. The first-order chi connectivity index (χ1) is 7.95. The maximum absolute atomic E-state index is 11.1. The number of carbonyl (C=O) groups is 1. The van der Waals surface area contributed by atoms with Gasteiger partial charge in [-0.3, -0.25) is 10.1 Å². The van der Waals surface area contributed by atoms with Gasteiger partial charge in [-0.15, -0.1) is 0 Å². The largest absolute Gasteiger partial charge is 0.472 e. The highest BCUT2D eigenvalue weighted by Gasteiger charge is 2.21. The predicted molar refractivity (Wildman–Crippen MR) is 60.2 cm³/mol. The van der Waals surface area contributed by atoms with Gasteiger partial charge in [0.05, 0.1) is 12.0 Å². The van der Waals surface area contributed by atoms with E-state index < -0.39 is 17.0 Å². The van der Waals surface area contributed by atoms with Crippen LogP contribution < -0.4 is 4.74 Å². The van der Waals surface area contributed by atoms with Gasteiger partial charge in [-0.25, -0.2) is 4.79 Å². The summed E-state index contributed by atoms with van der Waals surface area (Å²) in [7, 11) is 1.20. The smallest absolute Gasteiger partial charge is 0.346 e. The molecule has 1 aromatic rings. The fraction of sp³-hybridized carbons (Fsp3) is 0.300. The van der Waals surface area contributed by atoms with Crippen molar-refractivity contribution in [3.05, 3.63) is 33.3 Å². The van der Waals surface area contributed by atoms with Crippen molar-refractivity contribution < 1.29 is 19.2 Å². The molecule has 0 radical (unpaired) electrons. The second-order valence-electron chi connectivity index (χ2n) is 3.15. The molecule has 92 valence electrons. The quantitative estimate of drug-likeness (QED) is 0.470. The maximum atomic E-state index is 11.1. The molecule has 0 fully saturated rings. The first-order valence-electron chi connectivity index (χ1n) is 4.64. The molecule has 1 rings (SSSR count). The van der Waals surface area contributed by atoms with Crippen LogP contribution in [0.5, 0.6) is 5.75 Å². The fourth-order valence-electron chi connectivity index (χ4n) is 1.14. The summed E-state index contributed by atoms with van der Waals surface area (Å²) in [4.78, 5) is 21.2. The second-order valence-corrected chi connectivity index (χ2v) is 3.59. The highest BCUT2D eigenvalue weighted by molar-refractivity contribution is 6.30. The van der Waals surface area contributed by atoms with Crippen molar-refractivity contribution in [2.45, 2.75) is 13.0 Å². The van der Waals surface area contributed by atoms with E-state index in [2.05, 4.69) is 4.74 Å². The molecule has 1 unspecified atom stereocenters. The number of hydrogen-bond donors (Lipinski definition) is 0.